The molecule has 46 heavy (non-hydrogen) atoms. The van der Waals surface area contributed by atoms with E-state index < -0.39 is 5.41 Å². The predicted molar refractivity (Wildman–Crippen MR) is 181 cm³/mol. The summed E-state index contributed by atoms with van der Waals surface area (Å²) in [6, 6.07) is 10.1. The van der Waals surface area contributed by atoms with Crippen LogP contribution in [0.3, 0.4) is 0 Å². The van der Waals surface area contributed by atoms with E-state index in [2.05, 4.69) is 54.5 Å². The number of ether oxygens (including phenoxy) is 2. The third kappa shape index (κ3) is 4.96. The quantitative estimate of drug-likeness (QED) is 0.304. The Kier molecular flexibility index (Phi) is 8.08. The number of fused-ring (bicyclic) bond motifs is 7. The summed E-state index contributed by atoms with van der Waals surface area (Å²) in [6.45, 7) is 18.0. The molecule has 4 fully saturated rings. The number of carbonyl (C=O) groups excluding carboxylic acids is 3. The minimum absolute atomic E-state index is 0.0641. The van der Waals surface area contributed by atoms with E-state index in [1.165, 1.54) is 12.5 Å². The molecule has 0 amide bonds. The minimum Gasteiger partial charge on any atom is -0.462 e. The Balaban J connectivity index is 1.28. The molecule has 1 aromatic carbocycles. The van der Waals surface area contributed by atoms with Crippen LogP contribution in [0, 0.1) is 50.2 Å². The van der Waals surface area contributed by atoms with Crippen LogP contribution in [0.5, 0.6) is 0 Å². The molecule has 0 bridgehead atoms. The molecule has 5 heteroatoms. The van der Waals surface area contributed by atoms with Crippen LogP contribution in [0.25, 0.3) is 6.08 Å². The fourth-order valence-corrected chi connectivity index (χ4v) is 11.8. The molecule has 0 aromatic heterocycles. The van der Waals surface area contributed by atoms with Gasteiger partial charge < -0.3 is 9.47 Å². The van der Waals surface area contributed by atoms with Gasteiger partial charge in [0.15, 0.2) is 5.78 Å². The topological polar surface area (TPSA) is 69.7 Å². The van der Waals surface area contributed by atoms with Crippen LogP contribution in [-0.2, 0) is 23.9 Å². The summed E-state index contributed by atoms with van der Waals surface area (Å²) in [5.74, 6) is 0.372. The molecule has 0 spiro atoms. The number of rotatable bonds is 5. The lowest BCUT2D eigenvalue weighted by atomic mass is 9.33. The SMILES string of the molecule is CC(=O)O[C@H]1CC[C@]2(C)[C@H]3C(=O)C=C4[C@@H]5C[C@@](C)(C(=O)OCC=Cc6ccccc6)CC[C@]5(C)CC[C@@]4(C)[C@]3(C)CC[C@H]2C1(C)C. The first-order valence-corrected chi connectivity index (χ1v) is 17.8. The number of benzene rings is 1. The third-order valence-corrected chi connectivity index (χ3v) is 14.7. The molecule has 5 aliphatic rings. The maximum Gasteiger partial charge on any atom is 0.312 e. The number of esters is 2. The van der Waals surface area contributed by atoms with E-state index >= 15 is 0 Å². The molecule has 0 aliphatic heterocycles. The largest absolute Gasteiger partial charge is 0.462 e. The van der Waals surface area contributed by atoms with Gasteiger partial charge in [0, 0.05) is 18.3 Å². The Morgan fingerprint density at radius 3 is 2.28 bits per heavy atom. The zero-order valence-corrected chi connectivity index (χ0v) is 29.5. The second-order valence-corrected chi connectivity index (χ2v) is 17.6. The number of ketones is 1. The lowest BCUT2D eigenvalue weighted by Crippen LogP contribution is -2.66. The number of hydrogen-bond donors (Lipinski definition) is 0. The highest BCUT2D eigenvalue weighted by Gasteiger charge is 2.70. The van der Waals surface area contributed by atoms with Crippen LogP contribution < -0.4 is 0 Å². The molecule has 9 atom stereocenters. The normalized spacial score (nSPS) is 43.0. The maximum absolute atomic E-state index is 14.7. The average molecular weight is 629 g/mol. The first-order valence-electron chi connectivity index (χ1n) is 17.8. The maximum atomic E-state index is 14.7. The summed E-state index contributed by atoms with van der Waals surface area (Å²) in [6.07, 6.45) is 14.3. The van der Waals surface area contributed by atoms with Crippen molar-refractivity contribution in [2.45, 2.75) is 119 Å². The Morgan fingerprint density at radius 2 is 1.59 bits per heavy atom. The molecule has 0 N–H and O–H groups in total. The van der Waals surface area contributed by atoms with Gasteiger partial charge in [-0.05, 0) is 116 Å². The lowest BCUT2D eigenvalue weighted by Gasteiger charge is -2.70. The van der Waals surface area contributed by atoms with Crippen LogP contribution in [0.4, 0.5) is 0 Å². The summed E-state index contributed by atoms with van der Waals surface area (Å²) in [7, 11) is 0. The molecule has 250 valence electrons. The Morgan fingerprint density at radius 1 is 0.891 bits per heavy atom. The summed E-state index contributed by atoms with van der Waals surface area (Å²) in [5.41, 5.74) is 1.27. The van der Waals surface area contributed by atoms with E-state index in [0.717, 1.165) is 63.4 Å². The van der Waals surface area contributed by atoms with Gasteiger partial charge in [-0.15, -0.1) is 0 Å². The van der Waals surface area contributed by atoms with Crippen molar-refractivity contribution < 1.29 is 23.9 Å². The van der Waals surface area contributed by atoms with Gasteiger partial charge in [0.25, 0.3) is 0 Å². The van der Waals surface area contributed by atoms with E-state index in [4.69, 9.17) is 9.47 Å². The standard InChI is InChI=1S/C41H56O5/c1-27(42)46-33-17-18-39(6)32(36(33,2)3)16-19-41(8)34(39)31(43)25-29-30-26-38(5,21-20-37(30,4)22-23-40(29,41)7)35(44)45-24-12-15-28-13-10-9-11-14-28/h9-15,25,30,32-34H,16-24,26H2,1-8H3/t30-,32-,33-,34+,37+,38-,39-,40+,41+/m0/s1. The molecular weight excluding hydrogens is 572 g/mol. The van der Waals surface area contributed by atoms with Gasteiger partial charge in [-0.1, -0.05) is 83.5 Å². The fourth-order valence-electron chi connectivity index (χ4n) is 11.8. The Bertz CT molecular complexity index is 1460. The fraction of sp³-hybridized carbons (Fsp3) is 0.683. The first-order chi connectivity index (χ1) is 21.5. The Labute approximate surface area is 277 Å². The van der Waals surface area contributed by atoms with E-state index in [-0.39, 0.29) is 69.3 Å². The summed E-state index contributed by atoms with van der Waals surface area (Å²) in [5, 5.41) is 0. The van der Waals surface area contributed by atoms with Gasteiger partial charge in [-0.2, -0.15) is 0 Å². The molecule has 0 saturated heterocycles. The van der Waals surface area contributed by atoms with Gasteiger partial charge in [-0.3, -0.25) is 14.4 Å². The van der Waals surface area contributed by atoms with E-state index in [1.807, 2.05) is 42.5 Å². The smallest absolute Gasteiger partial charge is 0.312 e. The van der Waals surface area contributed by atoms with Crippen molar-refractivity contribution in [1.82, 2.24) is 0 Å². The van der Waals surface area contributed by atoms with Gasteiger partial charge in [0.2, 0.25) is 0 Å². The highest BCUT2D eigenvalue weighted by molar-refractivity contribution is 5.95. The third-order valence-electron chi connectivity index (χ3n) is 14.7. The first kappa shape index (κ1) is 33.2. The van der Waals surface area contributed by atoms with E-state index in [9.17, 15) is 14.4 Å². The molecule has 4 saturated carbocycles. The molecular formula is C41H56O5. The molecule has 0 heterocycles. The molecule has 0 radical (unpaired) electrons. The number of allylic oxidation sites excluding steroid dienone is 2. The second-order valence-electron chi connectivity index (χ2n) is 17.6. The van der Waals surface area contributed by atoms with Crippen molar-refractivity contribution in [1.29, 1.82) is 0 Å². The monoisotopic (exact) mass is 628 g/mol. The number of carbonyl (C=O) groups is 3. The van der Waals surface area contributed by atoms with Gasteiger partial charge in [0.1, 0.15) is 12.7 Å². The van der Waals surface area contributed by atoms with Gasteiger partial charge in [-0.25, -0.2) is 0 Å². The molecule has 6 rings (SSSR count). The lowest BCUT2D eigenvalue weighted by molar-refractivity contribution is -0.210. The summed E-state index contributed by atoms with van der Waals surface area (Å²) < 4.78 is 11.8. The van der Waals surface area contributed by atoms with Crippen molar-refractivity contribution in [3.05, 3.63) is 53.6 Å². The molecule has 0 unspecified atom stereocenters. The summed E-state index contributed by atoms with van der Waals surface area (Å²) in [4.78, 5) is 40.4. The number of hydrogen-bond acceptors (Lipinski definition) is 5. The van der Waals surface area contributed by atoms with Crippen molar-refractivity contribution in [2.75, 3.05) is 6.61 Å². The van der Waals surface area contributed by atoms with Crippen LogP contribution in [-0.4, -0.2) is 30.4 Å². The van der Waals surface area contributed by atoms with E-state index in [1.54, 1.807) is 0 Å². The van der Waals surface area contributed by atoms with Crippen molar-refractivity contribution in [3.8, 4) is 0 Å². The van der Waals surface area contributed by atoms with Gasteiger partial charge in [0.05, 0.1) is 5.41 Å². The Hall–Kier alpha value is -2.69. The minimum atomic E-state index is -0.576. The van der Waals surface area contributed by atoms with E-state index in [0.29, 0.717) is 5.92 Å². The van der Waals surface area contributed by atoms with Crippen LogP contribution in [0.1, 0.15) is 119 Å². The molecule has 5 aliphatic carbocycles. The molecule has 5 nitrogen and oxygen atoms in total. The van der Waals surface area contributed by atoms with Crippen LogP contribution in [0.15, 0.2) is 48.1 Å². The average Bonchev–Trinajstić information content (AvgIpc) is 2.99. The highest BCUT2D eigenvalue weighted by atomic mass is 16.5. The van der Waals surface area contributed by atoms with Crippen molar-refractivity contribution in [3.63, 3.8) is 0 Å². The van der Waals surface area contributed by atoms with Crippen molar-refractivity contribution in [2.24, 2.45) is 50.2 Å². The molecule has 1 aromatic rings. The van der Waals surface area contributed by atoms with Crippen LogP contribution in [0.2, 0.25) is 0 Å². The second kappa shape index (κ2) is 11.2. The zero-order chi connectivity index (χ0) is 33.3. The predicted octanol–water partition coefficient (Wildman–Crippen LogP) is 9.16. The van der Waals surface area contributed by atoms with Crippen LogP contribution >= 0.6 is 0 Å². The highest BCUT2D eigenvalue weighted by Crippen LogP contribution is 2.75. The van der Waals surface area contributed by atoms with Crippen molar-refractivity contribution >= 4 is 23.8 Å². The summed E-state index contributed by atoms with van der Waals surface area (Å²) >= 11 is 0. The van der Waals surface area contributed by atoms with Gasteiger partial charge >= 0.3 is 11.9 Å². The zero-order valence-electron chi connectivity index (χ0n) is 29.5.